The van der Waals surface area contributed by atoms with Crippen LogP contribution in [-0.2, 0) is 0 Å². The molecule has 1 saturated heterocycles. The Kier molecular flexibility index (Phi) is 5.78. The number of piperidine rings is 1. The van der Waals surface area contributed by atoms with Gasteiger partial charge in [-0.05, 0) is 56.5 Å². The quantitative estimate of drug-likeness (QED) is 0.781. The zero-order valence-corrected chi connectivity index (χ0v) is 15.6. The minimum Gasteiger partial charge on any atom is -0.338 e. The lowest BCUT2D eigenvalue weighted by Gasteiger charge is -2.33. The molecule has 1 aliphatic heterocycles. The third kappa shape index (κ3) is 4.36. The number of hydrogen-bond donors (Lipinski definition) is 1. The molecule has 6 heteroatoms. The van der Waals surface area contributed by atoms with Gasteiger partial charge in [0.05, 0.1) is 15.6 Å². The Balaban J connectivity index is 1.60. The summed E-state index contributed by atoms with van der Waals surface area (Å²) in [6.45, 7) is 2.71. The predicted molar refractivity (Wildman–Crippen MR) is 97.9 cm³/mol. The van der Waals surface area contributed by atoms with Crippen LogP contribution < -0.4 is 5.32 Å². The Morgan fingerprint density at radius 1 is 1.22 bits per heavy atom. The maximum atomic E-state index is 12.8. The molecule has 1 aromatic rings. The number of amides is 1. The van der Waals surface area contributed by atoms with Gasteiger partial charge in [0.2, 0.25) is 0 Å². The maximum absolute atomic E-state index is 12.8. The molecule has 1 N–H and O–H groups in total. The molecule has 3 nitrogen and oxygen atoms in total. The molecule has 126 valence electrons. The zero-order chi connectivity index (χ0) is 16.4. The van der Waals surface area contributed by atoms with Crippen molar-refractivity contribution < 1.29 is 4.79 Å². The third-order valence-corrected chi connectivity index (χ3v) is 6.16. The minimum atomic E-state index is 0.0163. The number of hydrogen-bond acceptors (Lipinski definition) is 3. The van der Waals surface area contributed by atoms with Crippen molar-refractivity contribution in [3.63, 3.8) is 0 Å². The maximum Gasteiger partial charge on any atom is 0.255 e. The van der Waals surface area contributed by atoms with E-state index < -0.39 is 0 Å². The first-order chi connectivity index (χ1) is 11.1. The second kappa shape index (κ2) is 7.64. The van der Waals surface area contributed by atoms with Crippen LogP contribution in [0.1, 0.15) is 36.0 Å². The van der Waals surface area contributed by atoms with Crippen molar-refractivity contribution in [3.8, 4) is 0 Å². The molecule has 0 aromatic heterocycles. The molecule has 0 bridgehead atoms. The molecule has 1 heterocycles. The molecule has 3 rings (SSSR count). The van der Waals surface area contributed by atoms with Crippen LogP contribution in [0.2, 0.25) is 10.0 Å². The molecule has 0 radical (unpaired) electrons. The normalized spacial score (nSPS) is 19.2. The lowest BCUT2D eigenvalue weighted by atomic mass is 10.0. The number of carbonyl (C=O) groups is 1. The average molecular weight is 373 g/mol. The molecular formula is C17H22Cl2N2OS. The summed E-state index contributed by atoms with van der Waals surface area (Å²) in [7, 11) is 0. The summed E-state index contributed by atoms with van der Waals surface area (Å²) in [6.07, 6.45) is 6.72. The van der Waals surface area contributed by atoms with Crippen molar-refractivity contribution in [2.75, 3.05) is 25.9 Å². The van der Waals surface area contributed by atoms with Gasteiger partial charge in [-0.15, -0.1) is 11.8 Å². The molecule has 2 aliphatic rings. The molecular weight excluding hydrogens is 351 g/mol. The Hall–Kier alpha value is -0.420. The highest BCUT2D eigenvalue weighted by molar-refractivity contribution is 7.98. The summed E-state index contributed by atoms with van der Waals surface area (Å²) in [5, 5.41) is 4.67. The largest absolute Gasteiger partial charge is 0.338 e. The SMILES string of the molecule is CSc1cc(C(=O)N2CCC(NCC3CC3)CC2)c(Cl)cc1Cl. The number of thioether (sulfide) groups is 1. The van der Waals surface area contributed by atoms with E-state index in [1.807, 2.05) is 17.2 Å². The third-order valence-electron chi connectivity index (χ3n) is 4.65. The van der Waals surface area contributed by atoms with Gasteiger partial charge in [-0.2, -0.15) is 0 Å². The summed E-state index contributed by atoms with van der Waals surface area (Å²) >= 11 is 13.9. The molecule has 1 aromatic carbocycles. The van der Waals surface area contributed by atoms with Crippen LogP contribution in [-0.4, -0.2) is 42.7 Å². The van der Waals surface area contributed by atoms with Gasteiger partial charge in [0, 0.05) is 24.0 Å². The molecule has 0 spiro atoms. The van der Waals surface area contributed by atoms with E-state index in [-0.39, 0.29) is 5.91 Å². The van der Waals surface area contributed by atoms with E-state index in [2.05, 4.69) is 5.32 Å². The summed E-state index contributed by atoms with van der Waals surface area (Å²) in [4.78, 5) is 15.6. The topological polar surface area (TPSA) is 32.3 Å². The van der Waals surface area contributed by atoms with Crippen LogP contribution in [0, 0.1) is 5.92 Å². The minimum absolute atomic E-state index is 0.0163. The van der Waals surface area contributed by atoms with Gasteiger partial charge in [-0.3, -0.25) is 4.79 Å². The molecule has 1 amide bonds. The Morgan fingerprint density at radius 2 is 1.91 bits per heavy atom. The number of nitrogens with zero attached hydrogens (tertiary/aromatic N) is 1. The van der Waals surface area contributed by atoms with Crippen molar-refractivity contribution in [3.05, 3.63) is 27.7 Å². The van der Waals surface area contributed by atoms with E-state index in [0.29, 0.717) is 21.7 Å². The number of halogens is 2. The van der Waals surface area contributed by atoms with Crippen LogP contribution in [0.25, 0.3) is 0 Å². The molecule has 23 heavy (non-hydrogen) atoms. The lowest BCUT2D eigenvalue weighted by molar-refractivity contribution is 0.0705. The van der Waals surface area contributed by atoms with Crippen LogP contribution in [0.5, 0.6) is 0 Å². The smallest absolute Gasteiger partial charge is 0.255 e. The molecule has 1 saturated carbocycles. The van der Waals surface area contributed by atoms with Crippen LogP contribution >= 0.6 is 35.0 Å². The fraction of sp³-hybridized carbons (Fsp3) is 0.588. The lowest BCUT2D eigenvalue weighted by Crippen LogP contribution is -2.45. The van der Waals surface area contributed by atoms with Gasteiger partial charge in [0.1, 0.15) is 0 Å². The van der Waals surface area contributed by atoms with Crippen LogP contribution in [0.4, 0.5) is 0 Å². The Labute approximate surface area is 152 Å². The first-order valence-electron chi connectivity index (χ1n) is 8.14. The fourth-order valence-electron chi connectivity index (χ4n) is 2.96. The average Bonchev–Trinajstić information content (AvgIpc) is 3.37. The van der Waals surface area contributed by atoms with Crippen molar-refractivity contribution >= 4 is 40.9 Å². The fourth-order valence-corrected chi connectivity index (χ4v) is 4.15. The summed E-state index contributed by atoms with van der Waals surface area (Å²) in [5.41, 5.74) is 0.560. The van der Waals surface area contributed by atoms with Gasteiger partial charge in [-0.1, -0.05) is 23.2 Å². The number of likely N-dealkylation sites (tertiary alicyclic amines) is 1. The van der Waals surface area contributed by atoms with E-state index in [4.69, 9.17) is 23.2 Å². The molecule has 0 atom stereocenters. The van der Waals surface area contributed by atoms with Gasteiger partial charge in [-0.25, -0.2) is 0 Å². The van der Waals surface area contributed by atoms with E-state index in [9.17, 15) is 4.79 Å². The van der Waals surface area contributed by atoms with E-state index in [1.165, 1.54) is 24.6 Å². The summed E-state index contributed by atoms with van der Waals surface area (Å²) < 4.78 is 0. The van der Waals surface area contributed by atoms with Gasteiger partial charge in [0.15, 0.2) is 0 Å². The number of nitrogens with one attached hydrogen (secondary N) is 1. The summed E-state index contributed by atoms with van der Waals surface area (Å²) in [5.74, 6) is 0.912. The number of rotatable bonds is 5. The summed E-state index contributed by atoms with van der Waals surface area (Å²) in [6, 6.07) is 4.03. The van der Waals surface area contributed by atoms with E-state index in [1.54, 1.807) is 6.07 Å². The number of carbonyl (C=O) groups excluding carboxylic acids is 1. The number of benzene rings is 1. The Bertz CT molecular complexity index is 584. The highest BCUT2D eigenvalue weighted by Gasteiger charge is 2.27. The van der Waals surface area contributed by atoms with Crippen molar-refractivity contribution in [2.45, 2.75) is 36.6 Å². The first kappa shape index (κ1) is 17.4. The van der Waals surface area contributed by atoms with E-state index >= 15 is 0 Å². The van der Waals surface area contributed by atoms with E-state index in [0.717, 1.165) is 43.3 Å². The van der Waals surface area contributed by atoms with Crippen molar-refractivity contribution in [1.82, 2.24) is 10.2 Å². The van der Waals surface area contributed by atoms with Crippen molar-refractivity contribution in [1.29, 1.82) is 0 Å². The second-order valence-electron chi connectivity index (χ2n) is 6.38. The molecule has 2 fully saturated rings. The molecule has 0 unspecified atom stereocenters. The van der Waals surface area contributed by atoms with Crippen molar-refractivity contribution in [2.24, 2.45) is 5.92 Å². The first-order valence-corrected chi connectivity index (χ1v) is 10.1. The zero-order valence-electron chi connectivity index (χ0n) is 13.3. The standard InChI is InChI=1S/C17H22Cl2N2OS/c1-23-16-8-13(14(18)9-15(16)19)17(22)21-6-4-12(5-7-21)20-10-11-2-3-11/h8-9,11-12,20H,2-7,10H2,1H3. The van der Waals surface area contributed by atoms with Crippen LogP contribution in [0.15, 0.2) is 17.0 Å². The second-order valence-corrected chi connectivity index (χ2v) is 8.05. The van der Waals surface area contributed by atoms with Gasteiger partial charge < -0.3 is 10.2 Å². The monoisotopic (exact) mass is 372 g/mol. The highest BCUT2D eigenvalue weighted by Crippen LogP contribution is 2.32. The predicted octanol–water partition coefficient (Wildman–Crippen LogP) is 4.32. The van der Waals surface area contributed by atoms with Gasteiger partial charge in [0.25, 0.3) is 5.91 Å². The Morgan fingerprint density at radius 3 is 2.52 bits per heavy atom. The van der Waals surface area contributed by atoms with Crippen LogP contribution in [0.3, 0.4) is 0 Å². The highest BCUT2D eigenvalue weighted by atomic mass is 35.5. The molecule has 1 aliphatic carbocycles. The van der Waals surface area contributed by atoms with Gasteiger partial charge >= 0.3 is 0 Å².